The largest absolute Gasteiger partial charge is 0.463 e. The Bertz CT molecular complexity index is 748. The third-order valence-electron chi connectivity index (χ3n) is 9.32. The predicted octanol–water partition coefficient (Wildman–Crippen LogP) is 4.43. The van der Waals surface area contributed by atoms with E-state index < -0.39 is 0 Å². The first-order chi connectivity index (χ1) is 14.5. The van der Waals surface area contributed by atoms with E-state index in [0.717, 1.165) is 44.9 Å². The maximum atomic E-state index is 12.0. The van der Waals surface area contributed by atoms with Crippen LogP contribution in [0, 0.1) is 34.5 Å². The molecule has 4 aliphatic carbocycles. The van der Waals surface area contributed by atoms with Crippen LogP contribution in [0.25, 0.3) is 0 Å². The van der Waals surface area contributed by atoms with Crippen molar-refractivity contribution in [3.63, 3.8) is 0 Å². The average molecular weight is 435 g/mol. The first kappa shape index (κ1) is 22.6. The molecule has 174 valence electrons. The molecule has 0 aromatic carbocycles. The van der Waals surface area contributed by atoms with Gasteiger partial charge in [-0.3, -0.25) is 14.4 Å². The molecule has 4 saturated carbocycles. The maximum Gasteiger partial charge on any atom is 0.302 e. The van der Waals surface area contributed by atoms with Gasteiger partial charge >= 0.3 is 17.9 Å². The molecule has 0 aromatic rings. The van der Waals surface area contributed by atoms with E-state index in [9.17, 15) is 14.4 Å². The molecule has 6 nitrogen and oxygen atoms in total. The molecule has 0 heterocycles. The zero-order valence-corrected chi connectivity index (χ0v) is 19.6. The van der Waals surface area contributed by atoms with Gasteiger partial charge in [0.25, 0.3) is 0 Å². The summed E-state index contributed by atoms with van der Waals surface area (Å²) >= 11 is 0. The van der Waals surface area contributed by atoms with Crippen molar-refractivity contribution in [2.24, 2.45) is 34.5 Å². The second-order valence-corrected chi connectivity index (χ2v) is 11.2. The second-order valence-electron chi connectivity index (χ2n) is 11.2. The molecule has 31 heavy (non-hydrogen) atoms. The molecule has 0 aromatic heterocycles. The van der Waals surface area contributed by atoms with Gasteiger partial charge in [-0.15, -0.1) is 0 Å². The standard InChI is InChI=1S/C25H38O6/c1-14(26)29-17-6-9-25(5)20-7-8-24(4)13-18(30-15(2)27)11-21(24)19(20)12-23(22(25)10-17)31-16(3)28/h17-23H,6-13H2,1-5H3/t17-,18-,19+,20-,21-,22-,23+,24-,25-/m1/s1. The van der Waals surface area contributed by atoms with E-state index in [4.69, 9.17) is 14.2 Å². The summed E-state index contributed by atoms with van der Waals surface area (Å²) < 4.78 is 17.2. The quantitative estimate of drug-likeness (QED) is 0.483. The van der Waals surface area contributed by atoms with Gasteiger partial charge in [-0.2, -0.15) is 0 Å². The van der Waals surface area contributed by atoms with Crippen molar-refractivity contribution in [3.05, 3.63) is 0 Å². The van der Waals surface area contributed by atoms with E-state index in [1.54, 1.807) is 0 Å². The molecule has 4 fully saturated rings. The van der Waals surface area contributed by atoms with E-state index in [-0.39, 0.29) is 53.0 Å². The van der Waals surface area contributed by atoms with Crippen molar-refractivity contribution in [1.82, 2.24) is 0 Å². The zero-order chi connectivity index (χ0) is 22.6. The van der Waals surface area contributed by atoms with Gasteiger partial charge in [0.2, 0.25) is 0 Å². The SMILES string of the molecule is CC(=O)O[C@@H]1CC[C@]2(C)[C@@H]3CC[C@]4(C)C[C@H](OC(C)=O)C[C@@H]4[C@H]3C[C@H](OC(C)=O)[C@H]2C1. The van der Waals surface area contributed by atoms with E-state index in [0.29, 0.717) is 17.8 Å². The zero-order valence-electron chi connectivity index (χ0n) is 19.6. The predicted molar refractivity (Wildman–Crippen MR) is 114 cm³/mol. The molecule has 6 heteroatoms. The highest BCUT2D eigenvalue weighted by Crippen LogP contribution is 2.66. The number of carbonyl (C=O) groups is 3. The number of carbonyl (C=O) groups excluding carboxylic acids is 3. The van der Waals surface area contributed by atoms with E-state index in [1.165, 1.54) is 27.2 Å². The lowest BCUT2D eigenvalue weighted by atomic mass is 9.44. The Balaban J connectivity index is 1.61. The van der Waals surface area contributed by atoms with Crippen molar-refractivity contribution in [2.45, 2.75) is 104 Å². The molecule has 0 saturated heterocycles. The molecule has 4 aliphatic rings. The van der Waals surface area contributed by atoms with Crippen molar-refractivity contribution in [3.8, 4) is 0 Å². The summed E-state index contributed by atoms with van der Waals surface area (Å²) in [5.74, 6) is 1.07. The lowest BCUT2D eigenvalue weighted by Gasteiger charge is -2.62. The van der Waals surface area contributed by atoms with Crippen LogP contribution < -0.4 is 0 Å². The summed E-state index contributed by atoms with van der Waals surface area (Å²) in [5, 5.41) is 0. The average Bonchev–Trinajstić information content (AvgIpc) is 2.97. The molecular formula is C25H38O6. The molecular weight excluding hydrogens is 396 g/mol. The van der Waals surface area contributed by atoms with Gasteiger partial charge in [0.1, 0.15) is 18.3 Å². The minimum Gasteiger partial charge on any atom is -0.463 e. The summed E-state index contributed by atoms with van der Waals surface area (Å²) in [5.41, 5.74) is 0.251. The van der Waals surface area contributed by atoms with E-state index in [1.807, 2.05) is 0 Å². The first-order valence-electron chi connectivity index (χ1n) is 12.0. The van der Waals surface area contributed by atoms with E-state index in [2.05, 4.69) is 13.8 Å². The van der Waals surface area contributed by atoms with Crippen LogP contribution in [0.4, 0.5) is 0 Å². The van der Waals surface area contributed by atoms with Gasteiger partial charge in [-0.05, 0) is 80.0 Å². The summed E-state index contributed by atoms with van der Waals surface area (Å²) in [7, 11) is 0. The third-order valence-corrected chi connectivity index (χ3v) is 9.32. The molecule has 0 aliphatic heterocycles. The summed E-state index contributed by atoms with van der Waals surface area (Å²) in [6, 6.07) is 0. The minimum absolute atomic E-state index is 0.00339. The normalized spacial score (nSPS) is 46.2. The van der Waals surface area contributed by atoms with Crippen molar-refractivity contribution < 1.29 is 28.6 Å². The Kier molecular flexibility index (Phi) is 5.89. The fraction of sp³-hybridized carbons (Fsp3) is 0.880. The number of fused-ring (bicyclic) bond motifs is 5. The molecule has 0 spiro atoms. The van der Waals surface area contributed by atoms with Crippen molar-refractivity contribution in [1.29, 1.82) is 0 Å². The Morgan fingerprint density at radius 2 is 1.32 bits per heavy atom. The summed E-state index contributed by atoms with van der Waals surface area (Å²) in [4.78, 5) is 35.2. The highest BCUT2D eigenvalue weighted by Gasteiger charge is 2.62. The second kappa shape index (κ2) is 8.08. The van der Waals surface area contributed by atoms with Crippen LogP contribution in [0.3, 0.4) is 0 Å². The first-order valence-corrected chi connectivity index (χ1v) is 12.0. The van der Waals surface area contributed by atoms with E-state index >= 15 is 0 Å². The molecule has 0 unspecified atom stereocenters. The van der Waals surface area contributed by atoms with Gasteiger partial charge in [-0.25, -0.2) is 0 Å². The van der Waals surface area contributed by atoms with Gasteiger partial charge < -0.3 is 14.2 Å². The highest BCUT2D eigenvalue weighted by molar-refractivity contribution is 5.67. The van der Waals surface area contributed by atoms with Gasteiger partial charge in [0.05, 0.1) is 0 Å². The number of rotatable bonds is 3. The number of hydrogen-bond donors (Lipinski definition) is 0. The Hall–Kier alpha value is -1.59. The van der Waals surface area contributed by atoms with Crippen LogP contribution in [-0.2, 0) is 28.6 Å². The summed E-state index contributed by atoms with van der Waals surface area (Å²) in [6.07, 6.45) is 7.46. The van der Waals surface area contributed by atoms with Gasteiger partial charge in [0.15, 0.2) is 0 Å². The van der Waals surface area contributed by atoms with Crippen LogP contribution in [0.2, 0.25) is 0 Å². The lowest BCUT2D eigenvalue weighted by Crippen LogP contribution is -2.58. The Morgan fingerprint density at radius 3 is 1.97 bits per heavy atom. The van der Waals surface area contributed by atoms with Crippen LogP contribution in [-0.4, -0.2) is 36.2 Å². The van der Waals surface area contributed by atoms with Gasteiger partial charge in [-0.1, -0.05) is 13.8 Å². The topological polar surface area (TPSA) is 78.9 Å². The Labute approximate surface area is 185 Å². The van der Waals surface area contributed by atoms with Crippen LogP contribution in [0.5, 0.6) is 0 Å². The van der Waals surface area contributed by atoms with Crippen molar-refractivity contribution in [2.75, 3.05) is 0 Å². The lowest BCUT2D eigenvalue weighted by molar-refractivity contribution is -0.195. The molecule has 0 amide bonds. The fourth-order valence-corrected chi connectivity index (χ4v) is 8.24. The van der Waals surface area contributed by atoms with Gasteiger partial charge in [0, 0.05) is 26.7 Å². The van der Waals surface area contributed by atoms with Crippen LogP contribution >= 0.6 is 0 Å². The Morgan fingerprint density at radius 1 is 0.710 bits per heavy atom. The maximum absolute atomic E-state index is 12.0. The van der Waals surface area contributed by atoms with Crippen molar-refractivity contribution >= 4 is 17.9 Å². The molecule has 0 bridgehead atoms. The third kappa shape index (κ3) is 4.11. The molecule has 0 N–H and O–H groups in total. The molecule has 4 rings (SSSR count). The summed E-state index contributed by atoms with van der Waals surface area (Å²) in [6.45, 7) is 9.21. The molecule has 9 atom stereocenters. The van der Waals surface area contributed by atoms with Crippen LogP contribution in [0.15, 0.2) is 0 Å². The van der Waals surface area contributed by atoms with Crippen LogP contribution in [0.1, 0.15) is 86.0 Å². The number of hydrogen-bond acceptors (Lipinski definition) is 6. The smallest absolute Gasteiger partial charge is 0.302 e. The fourth-order valence-electron chi connectivity index (χ4n) is 8.24. The monoisotopic (exact) mass is 434 g/mol. The number of ether oxygens (including phenoxy) is 3. The molecule has 0 radical (unpaired) electrons. The number of esters is 3. The minimum atomic E-state index is -0.234. The highest BCUT2D eigenvalue weighted by atomic mass is 16.6.